The fourth-order valence-corrected chi connectivity index (χ4v) is 4.00. The highest BCUT2D eigenvalue weighted by atomic mass is 32.2. The first-order valence-corrected chi connectivity index (χ1v) is 10.1. The summed E-state index contributed by atoms with van der Waals surface area (Å²) >= 11 is 1.59. The standard InChI is InChI=1S/C22H24N4OS/c1-14-7-5-9-20(16(14)3)23-22-25-24-21(13-28-22)19-11-15(2)26(17(19)4)12-18-8-6-10-27-18/h5-11,13,24H,12H2,1-4H3,(H,23,25). The van der Waals surface area contributed by atoms with E-state index in [0.717, 1.165) is 28.9 Å². The summed E-state index contributed by atoms with van der Waals surface area (Å²) in [7, 11) is 0. The van der Waals surface area contributed by atoms with Gasteiger partial charge in [0, 0.05) is 22.4 Å². The molecule has 3 heterocycles. The summed E-state index contributed by atoms with van der Waals surface area (Å²) in [5.74, 6) is 0.953. The lowest BCUT2D eigenvalue weighted by molar-refractivity contribution is 0.489. The van der Waals surface area contributed by atoms with Gasteiger partial charge in [-0.3, -0.25) is 10.9 Å². The summed E-state index contributed by atoms with van der Waals surface area (Å²) in [6, 6.07) is 12.3. The zero-order valence-electron chi connectivity index (χ0n) is 16.5. The lowest BCUT2D eigenvalue weighted by Crippen LogP contribution is -2.36. The lowest BCUT2D eigenvalue weighted by Gasteiger charge is -2.19. The Balaban J connectivity index is 1.56. The fourth-order valence-electron chi connectivity index (χ4n) is 3.32. The van der Waals surface area contributed by atoms with Crippen LogP contribution in [0.1, 0.15) is 33.8 Å². The zero-order valence-corrected chi connectivity index (χ0v) is 17.4. The predicted octanol–water partition coefficient (Wildman–Crippen LogP) is 5.19. The number of furan rings is 1. The van der Waals surface area contributed by atoms with Gasteiger partial charge in [-0.15, -0.1) is 0 Å². The van der Waals surface area contributed by atoms with Crippen molar-refractivity contribution in [2.24, 2.45) is 4.99 Å². The number of nitrogens with zero attached hydrogens (tertiary/aromatic N) is 2. The Bertz CT molecular complexity index is 1060. The number of aromatic nitrogens is 1. The molecule has 4 rings (SSSR count). The molecule has 2 N–H and O–H groups in total. The van der Waals surface area contributed by atoms with E-state index in [0.29, 0.717) is 0 Å². The van der Waals surface area contributed by atoms with Crippen LogP contribution in [-0.4, -0.2) is 9.73 Å². The van der Waals surface area contributed by atoms with Crippen LogP contribution in [0.4, 0.5) is 5.69 Å². The van der Waals surface area contributed by atoms with Crippen LogP contribution in [0.3, 0.4) is 0 Å². The number of hydrazine groups is 1. The molecule has 0 radical (unpaired) electrons. The Morgan fingerprint density at radius 1 is 1.07 bits per heavy atom. The molecule has 0 saturated heterocycles. The zero-order chi connectivity index (χ0) is 19.7. The van der Waals surface area contributed by atoms with Gasteiger partial charge < -0.3 is 8.98 Å². The number of amidine groups is 1. The van der Waals surface area contributed by atoms with Gasteiger partial charge in [0.1, 0.15) is 5.76 Å². The van der Waals surface area contributed by atoms with Gasteiger partial charge in [0.15, 0.2) is 5.17 Å². The van der Waals surface area contributed by atoms with Crippen molar-refractivity contribution < 1.29 is 4.42 Å². The normalized spacial score (nSPS) is 15.3. The molecule has 1 aromatic carbocycles. The second-order valence-electron chi connectivity index (χ2n) is 6.99. The minimum absolute atomic E-state index is 0.734. The van der Waals surface area contributed by atoms with E-state index in [-0.39, 0.29) is 0 Å². The van der Waals surface area contributed by atoms with Gasteiger partial charge in [-0.1, -0.05) is 23.9 Å². The van der Waals surface area contributed by atoms with Gasteiger partial charge >= 0.3 is 0 Å². The summed E-state index contributed by atoms with van der Waals surface area (Å²) in [5, 5.41) is 2.95. The second-order valence-corrected chi connectivity index (χ2v) is 7.84. The Morgan fingerprint density at radius 3 is 2.64 bits per heavy atom. The van der Waals surface area contributed by atoms with Crippen LogP contribution in [0, 0.1) is 27.7 Å². The van der Waals surface area contributed by atoms with Crippen LogP contribution in [0.5, 0.6) is 0 Å². The average Bonchev–Trinajstić information content (AvgIpc) is 3.30. The quantitative estimate of drug-likeness (QED) is 0.641. The van der Waals surface area contributed by atoms with Crippen molar-refractivity contribution in [2.75, 3.05) is 0 Å². The number of benzene rings is 1. The maximum absolute atomic E-state index is 5.51. The molecule has 28 heavy (non-hydrogen) atoms. The van der Waals surface area contributed by atoms with Crippen molar-refractivity contribution >= 4 is 28.3 Å². The third kappa shape index (κ3) is 3.60. The summed E-state index contributed by atoms with van der Waals surface area (Å²) < 4.78 is 7.77. The number of aryl methyl sites for hydroxylation is 2. The van der Waals surface area contributed by atoms with Crippen LogP contribution < -0.4 is 10.9 Å². The number of thioether (sulfide) groups is 1. The topological polar surface area (TPSA) is 54.5 Å². The maximum atomic E-state index is 5.51. The molecule has 1 aliphatic heterocycles. The number of nitrogens with one attached hydrogen (secondary N) is 2. The Morgan fingerprint density at radius 2 is 1.93 bits per heavy atom. The van der Waals surface area contributed by atoms with Gasteiger partial charge in [-0.2, -0.15) is 0 Å². The Kier molecular flexibility index (Phi) is 5.05. The van der Waals surface area contributed by atoms with E-state index < -0.39 is 0 Å². The van der Waals surface area contributed by atoms with E-state index in [9.17, 15) is 0 Å². The van der Waals surface area contributed by atoms with E-state index in [4.69, 9.17) is 9.41 Å². The third-order valence-electron chi connectivity index (χ3n) is 5.15. The molecular weight excluding hydrogens is 368 g/mol. The van der Waals surface area contributed by atoms with Crippen molar-refractivity contribution in [3.63, 3.8) is 0 Å². The smallest absolute Gasteiger partial charge is 0.184 e. The van der Waals surface area contributed by atoms with Crippen LogP contribution in [0.25, 0.3) is 5.70 Å². The first-order valence-electron chi connectivity index (χ1n) is 9.26. The Hall–Kier alpha value is -2.86. The highest BCUT2D eigenvalue weighted by Crippen LogP contribution is 2.28. The van der Waals surface area contributed by atoms with Crippen molar-refractivity contribution in [1.29, 1.82) is 0 Å². The summed E-state index contributed by atoms with van der Waals surface area (Å²) in [4.78, 5) is 4.75. The molecule has 5 nitrogen and oxygen atoms in total. The lowest BCUT2D eigenvalue weighted by atomic mass is 10.1. The van der Waals surface area contributed by atoms with E-state index >= 15 is 0 Å². The van der Waals surface area contributed by atoms with E-state index in [2.05, 4.69) is 60.7 Å². The highest BCUT2D eigenvalue weighted by molar-refractivity contribution is 8.16. The SMILES string of the molecule is Cc1cccc(N=C2NNC(c3cc(C)n(Cc4ccco4)c3C)=CS2)c1C. The number of hydrogen-bond acceptors (Lipinski definition) is 4. The van der Waals surface area contributed by atoms with Gasteiger partial charge in [0.2, 0.25) is 0 Å². The molecule has 0 fully saturated rings. The number of aliphatic imine (C=N–C) groups is 1. The first kappa shape index (κ1) is 18.5. The van der Waals surface area contributed by atoms with Gasteiger partial charge in [-0.05, 0) is 63.1 Å². The van der Waals surface area contributed by atoms with E-state index in [1.165, 1.54) is 28.1 Å². The maximum Gasteiger partial charge on any atom is 0.184 e. The minimum Gasteiger partial charge on any atom is -0.467 e. The highest BCUT2D eigenvalue weighted by Gasteiger charge is 2.17. The summed E-state index contributed by atoms with van der Waals surface area (Å²) in [6.07, 6.45) is 1.72. The van der Waals surface area contributed by atoms with Gasteiger partial charge in [-0.25, -0.2) is 4.99 Å². The van der Waals surface area contributed by atoms with Gasteiger partial charge in [0.25, 0.3) is 0 Å². The largest absolute Gasteiger partial charge is 0.467 e. The molecule has 2 aromatic heterocycles. The number of hydrogen-bond donors (Lipinski definition) is 2. The molecule has 0 saturated carbocycles. The monoisotopic (exact) mass is 392 g/mol. The van der Waals surface area contributed by atoms with E-state index in [1.54, 1.807) is 18.0 Å². The molecule has 144 valence electrons. The molecule has 0 spiro atoms. The van der Waals surface area contributed by atoms with Crippen molar-refractivity contribution in [3.05, 3.63) is 81.9 Å². The van der Waals surface area contributed by atoms with Crippen LogP contribution in [-0.2, 0) is 6.54 Å². The van der Waals surface area contributed by atoms with Crippen LogP contribution in [0.2, 0.25) is 0 Å². The first-order chi connectivity index (χ1) is 13.5. The van der Waals surface area contributed by atoms with Gasteiger partial charge in [0.05, 0.1) is 24.2 Å². The Labute approximate surface area is 169 Å². The molecule has 0 atom stereocenters. The average molecular weight is 393 g/mol. The predicted molar refractivity (Wildman–Crippen MR) is 117 cm³/mol. The molecule has 0 unspecified atom stereocenters. The van der Waals surface area contributed by atoms with E-state index in [1.807, 2.05) is 24.3 Å². The van der Waals surface area contributed by atoms with Crippen molar-refractivity contribution in [2.45, 2.75) is 34.2 Å². The minimum atomic E-state index is 0.734. The second kappa shape index (κ2) is 7.64. The molecule has 6 heteroatoms. The van der Waals surface area contributed by atoms with Crippen molar-refractivity contribution in [1.82, 2.24) is 15.4 Å². The molecule has 1 aliphatic rings. The third-order valence-corrected chi connectivity index (χ3v) is 5.92. The molecular formula is C22H24N4OS. The van der Waals surface area contributed by atoms with Crippen LogP contribution in [0.15, 0.2) is 57.5 Å². The molecule has 3 aromatic rings. The van der Waals surface area contributed by atoms with Crippen LogP contribution >= 0.6 is 11.8 Å². The molecule has 0 amide bonds. The summed E-state index contributed by atoms with van der Waals surface area (Å²) in [6.45, 7) is 9.20. The summed E-state index contributed by atoms with van der Waals surface area (Å²) in [5.41, 5.74) is 14.6. The van der Waals surface area contributed by atoms with Crippen molar-refractivity contribution in [3.8, 4) is 0 Å². The fraction of sp³-hybridized carbons (Fsp3) is 0.227. The molecule has 0 aliphatic carbocycles. The molecule has 0 bridgehead atoms. The number of rotatable bonds is 4.